The zero-order valence-electron chi connectivity index (χ0n) is 16.9. The number of carbonyl (C=O) groups excluding carboxylic acids is 1. The van der Waals surface area contributed by atoms with Crippen molar-refractivity contribution in [1.29, 1.82) is 0 Å². The zero-order valence-corrected chi connectivity index (χ0v) is 20.9. The van der Waals surface area contributed by atoms with Crippen LogP contribution in [0.15, 0.2) is 56.3 Å². The molecule has 1 heterocycles. The van der Waals surface area contributed by atoms with Gasteiger partial charge in [-0.25, -0.2) is 22.7 Å². The Morgan fingerprint density at radius 3 is 2.66 bits per heavy atom. The molecule has 0 aromatic heterocycles. The van der Waals surface area contributed by atoms with Crippen molar-refractivity contribution in [2.24, 2.45) is 0 Å². The van der Waals surface area contributed by atoms with Gasteiger partial charge in [0.2, 0.25) is 10.0 Å². The number of amides is 2. The third-order valence-electron chi connectivity index (χ3n) is 4.84. The van der Waals surface area contributed by atoms with Gasteiger partial charge in [-0.2, -0.15) is 0 Å². The summed E-state index contributed by atoms with van der Waals surface area (Å²) < 4.78 is 34.4. The molecule has 0 aliphatic carbocycles. The molecule has 2 aromatic rings. The van der Waals surface area contributed by atoms with Crippen LogP contribution in [0.25, 0.3) is 0 Å². The molecule has 12 heteroatoms. The van der Waals surface area contributed by atoms with Crippen LogP contribution in [0.4, 0.5) is 15.3 Å². The quantitative estimate of drug-likeness (QED) is 0.464. The first-order valence-corrected chi connectivity index (χ1v) is 12.6. The number of hydrogen-bond acceptors (Lipinski definition) is 5. The van der Waals surface area contributed by atoms with E-state index in [4.69, 9.17) is 4.74 Å². The lowest BCUT2D eigenvalue weighted by atomic mass is 10.2. The lowest BCUT2D eigenvalue weighted by Crippen LogP contribution is -2.40. The van der Waals surface area contributed by atoms with Gasteiger partial charge in [-0.1, -0.05) is 28.1 Å². The normalized spacial score (nSPS) is 18.4. The summed E-state index contributed by atoms with van der Waals surface area (Å²) in [7, 11) is -3.91. The average molecular weight is 591 g/mol. The van der Waals surface area contributed by atoms with E-state index in [0.29, 0.717) is 14.6 Å². The van der Waals surface area contributed by atoms with E-state index in [1.54, 1.807) is 30.3 Å². The summed E-state index contributed by atoms with van der Waals surface area (Å²) in [5.41, 5.74) is 1.52. The minimum Gasteiger partial charge on any atom is -0.465 e. The molecule has 172 valence electrons. The standard InChI is InChI=1S/C20H21Br2N3O6S/c1-12-3-2-4-14(7-12)23-19(26)31-11-16-9-15(10-25(16)20(27)28)24-32(29,30)18-8-13(21)5-6-17(18)22/h2-8,15-16,24H,9-11H2,1H3,(H,23,26)(H,27,28)/t15-,16-/m1/s1. The highest BCUT2D eigenvalue weighted by atomic mass is 79.9. The predicted molar refractivity (Wildman–Crippen MR) is 125 cm³/mol. The SMILES string of the molecule is Cc1cccc(NC(=O)OC[C@H]2C[C@@H](NS(=O)(=O)c3cc(Br)ccc3Br)CN2C(=O)O)c1. The fraction of sp³-hybridized carbons (Fsp3) is 0.300. The van der Waals surface area contributed by atoms with E-state index in [0.717, 1.165) is 10.5 Å². The van der Waals surface area contributed by atoms with Crippen molar-refractivity contribution in [3.63, 3.8) is 0 Å². The van der Waals surface area contributed by atoms with Gasteiger partial charge in [-0.3, -0.25) is 5.32 Å². The maximum Gasteiger partial charge on any atom is 0.411 e. The van der Waals surface area contributed by atoms with Crippen LogP contribution in [0.1, 0.15) is 12.0 Å². The minimum atomic E-state index is -3.91. The summed E-state index contributed by atoms with van der Waals surface area (Å²) in [6, 6.07) is 10.5. The number of nitrogens with zero attached hydrogens (tertiary/aromatic N) is 1. The van der Waals surface area contributed by atoms with Crippen LogP contribution >= 0.6 is 31.9 Å². The Morgan fingerprint density at radius 2 is 1.97 bits per heavy atom. The number of anilines is 1. The maximum absolute atomic E-state index is 12.8. The van der Waals surface area contributed by atoms with Crippen molar-refractivity contribution in [3.8, 4) is 0 Å². The Labute approximate surface area is 202 Å². The van der Waals surface area contributed by atoms with E-state index >= 15 is 0 Å². The van der Waals surface area contributed by atoms with Crippen molar-refractivity contribution in [2.75, 3.05) is 18.5 Å². The Balaban J connectivity index is 1.63. The predicted octanol–water partition coefficient (Wildman–Crippen LogP) is 4.17. The first-order chi connectivity index (χ1) is 15.0. The minimum absolute atomic E-state index is 0.0333. The number of halogens is 2. The Bertz CT molecular complexity index is 1130. The van der Waals surface area contributed by atoms with Gasteiger partial charge in [-0.15, -0.1) is 0 Å². The average Bonchev–Trinajstić information content (AvgIpc) is 3.10. The Kier molecular flexibility index (Phi) is 7.80. The summed E-state index contributed by atoms with van der Waals surface area (Å²) >= 11 is 6.47. The fourth-order valence-corrected chi connectivity index (χ4v) is 6.15. The molecule has 9 nitrogen and oxygen atoms in total. The van der Waals surface area contributed by atoms with Crippen LogP contribution < -0.4 is 10.0 Å². The molecule has 0 radical (unpaired) electrons. The molecular weight excluding hydrogens is 570 g/mol. The van der Waals surface area contributed by atoms with Gasteiger partial charge >= 0.3 is 12.2 Å². The van der Waals surface area contributed by atoms with Gasteiger partial charge in [0, 0.05) is 27.2 Å². The number of sulfonamides is 1. The monoisotopic (exact) mass is 589 g/mol. The van der Waals surface area contributed by atoms with E-state index in [9.17, 15) is 23.1 Å². The maximum atomic E-state index is 12.8. The van der Waals surface area contributed by atoms with Crippen LogP contribution in [0, 0.1) is 6.92 Å². The van der Waals surface area contributed by atoms with Gasteiger partial charge in [-0.05, 0) is 65.2 Å². The third-order valence-corrected chi connectivity index (χ3v) is 7.84. The van der Waals surface area contributed by atoms with E-state index < -0.39 is 34.3 Å². The fourth-order valence-electron chi connectivity index (χ4n) is 3.41. The zero-order chi connectivity index (χ0) is 23.5. The van der Waals surface area contributed by atoms with Crippen molar-refractivity contribution in [3.05, 3.63) is 57.0 Å². The second-order valence-electron chi connectivity index (χ2n) is 7.31. The van der Waals surface area contributed by atoms with Crippen LogP contribution in [0.3, 0.4) is 0 Å². The van der Waals surface area contributed by atoms with E-state index in [1.165, 1.54) is 6.07 Å². The second-order valence-corrected chi connectivity index (χ2v) is 10.8. The number of rotatable bonds is 6. The Hall–Kier alpha value is -2.15. The highest BCUT2D eigenvalue weighted by Crippen LogP contribution is 2.27. The lowest BCUT2D eigenvalue weighted by molar-refractivity contribution is 0.102. The highest BCUT2D eigenvalue weighted by molar-refractivity contribution is 9.11. The molecule has 1 aliphatic heterocycles. The van der Waals surface area contributed by atoms with Gasteiger partial charge in [0.25, 0.3) is 0 Å². The molecule has 2 atom stereocenters. The van der Waals surface area contributed by atoms with Crippen molar-refractivity contribution < 1.29 is 27.9 Å². The third kappa shape index (κ3) is 6.21. The molecule has 0 spiro atoms. The molecule has 1 aliphatic rings. The first kappa shape index (κ1) is 24.5. The molecule has 1 fully saturated rings. The summed E-state index contributed by atoms with van der Waals surface area (Å²) in [5, 5.41) is 12.1. The first-order valence-electron chi connectivity index (χ1n) is 9.52. The van der Waals surface area contributed by atoms with Crippen LogP contribution in [0.5, 0.6) is 0 Å². The van der Waals surface area contributed by atoms with Crippen molar-refractivity contribution in [1.82, 2.24) is 9.62 Å². The second kappa shape index (κ2) is 10.2. The number of aryl methyl sites for hydroxylation is 1. The number of hydrogen-bond donors (Lipinski definition) is 3. The lowest BCUT2D eigenvalue weighted by Gasteiger charge is -2.20. The van der Waals surface area contributed by atoms with Crippen molar-refractivity contribution in [2.45, 2.75) is 30.3 Å². The van der Waals surface area contributed by atoms with E-state index in [-0.39, 0.29) is 24.5 Å². The molecule has 3 N–H and O–H groups in total. The summed E-state index contributed by atoms with van der Waals surface area (Å²) in [6.45, 7) is 1.62. The molecule has 2 amide bonds. The summed E-state index contributed by atoms with van der Waals surface area (Å²) in [4.78, 5) is 24.9. The molecule has 0 saturated carbocycles. The van der Waals surface area contributed by atoms with Gasteiger partial charge in [0.05, 0.1) is 10.9 Å². The van der Waals surface area contributed by atoms with E-state index in [2.05, 4.69) is 41.9 Å². The number of carboxylic acid groups (broad SMARTS) is 1. The molecule has 0 unspecified atom stereocenters. The van der Waals surface area contributed by atoms with Crippen LogP contribution in [-0.2, 0) is 14.8 Å². The van der Waals surface area contributed by atoms with Crippen LogP contribution in [-0.4, -0.2) is 55.8 Å². The number of nitrogens with one attached hydrogen (secondary N) is 2. The molecule has 32 heavy (non-hydrogen) atoms. The number of likely N-dealkylation sites (tertiary alicyclic amines) is 1. The smallest absolute Gasteiger partial charge is 0.411 e. The highest BCUT2D eigenvalue weighted by Gasteiger charge is 2.38. The number of carbonyl (C=O) groups is 2. The molecule has 2 aromatic carbocycles. The molecular formula is C20H21Br2N3O6S. The van der Waals surface area contributed by atoms with Gasteiger partial charge < -0.3 is 14.7 Å². The Morgan fingerprint density at radius 1 is 1.22 bits per heavy atom. The molecule has 0 bridgehead atoms. The topological polar surface area (TPSA) is 125 Å². The van der Waals surface area contributed by atoms with Gasteiger partial charge in [0.15, 0.2) is 0 Å². The molecule has 3 rings (SSSR count). The number of benzene rings is 2. The summed E-state index contributed by atoms with van der Waals surface area (Å²) in [5.74, 6) is 0. The van der Waals surface area contributed by atoms with E-state index in [1.807, 2.05) is 13.0 Å². The number of ether oxygens (including phenoxy) is 1. The van der Waals surface area contributed by atoms with Gasteiger partial charge in [0.1, 0.15) is 6.61 Å². The van der Waals surface area contributed by atoms with Crippen LogP contribution in [0.2, 0.25) is 0 Å². The van der Waals surface area contributed by atoms with Crippen molar-refractivity contribution >= 4 is 59.8 Å². The molecule has 1 saturated heterocycles. The summed E-state index contributed by atoms with van der Waals surface area (Å²) in [6.07, 6.45) is -1.78. The largest absolute Gasteiger partial charge is 0.465 e.